The molecule has 0 spiro atoms. The molecule has 2 nitrogen and oxygen atoms in total. The zero-order valence-electron chi connectivity index (χ0n) is 9.05. The smallest absolute Gasteiger partial charge is 0.0693 e. The number of nitrogens with one attached hydrogen (secondary N) is 1. The number of nitrogens with zero attached hydrogens (tertiary/aromatic N) is 1. The Morgan fingerprint density at radius 1 is 1.40 bits per heavy atom. The van der Waals surface area contributed by atoms with Gasteiger partial charge < -0.3 is 9.72 Å². The van der Waals surface area contributed by atoms with Gasteiger partial charge in [0.05, 0.1) is 10.5 Å². The second-order valence-corrected chi connectivity index (χ2v) is 4.00. The molecular formula is C12H15ClN2. The minimum Gasteiger partial charge on any atom is -0.318 e. The highest BCUT2D eigenvalue weighted by molar-refractivity contribution is 6.34. The molecule has 3 heteroatoms. The summed E-state index contributed by atoms with van der Waals surface area (Å²) in [5, 5.41) is 4.20. The van der Waals surface area contributed by atoms with E-state index in [0.29, 0.717) is 0 Å². The highest BCUT2D eigenvalue weighted by Gasteiger charge is 2.11. The van der Waals surface area contributed by atoms with Crippen molar-refractivity contribution in [3.8, 4) is 0 Å². The van der Waals surface area contributed by atoms with E-state index in [0.717, 1.165) is 23.6 Å². The molecule has 0 saturated carbocycles. The predicted octanol–water partition coefficient (Wildman–Crippen LogP) is 3.01. The minimum absolute atomic E-state index is 0.861. The number of halogens is 1. The van der Waals surface area contributed by atoms with E-state index in [2.05, 4.69) is 29.8 Å². The Hall–Kier alpha value is -0.990. The van der Waals surface area contributed by atoms with Gasteiger partial charge in [-0.1, -0.05) is 24.6 Å². The fraction of sp³-hybridized carbons (Fsp3) is 0.333. The van der Waals surface area contributed by atoms with Crippen LogP contribution in [0, 0.1) is 6.92 Å². The molecule has 0 fully saturated rings. The zero-order valence-corrected chi connectivity index (χ0v) is 9.80. The lowest BCUT2D eigenvalue weighted by Crippen LogP contribution is -2.14. The van der Waals surface area contributed by atoms with Crippen molar-refractivity contribution in [2.75, 3.05) is 6.54 Å². The molecule has 2 aromatic heterocycles. The second-order valence-electron chi connectivity index (χ2n) is 3.62. The van der Waals surface area contributed by atoms with Crippen LogP contribution < -0.4 is 5.32 Å². The van der Waals surface area contributed by atoms with Gasteiger partial charge in [-0.2, -0.15) is 0 Å². The topological polar surface area (TPSA) is 16.4 Å². The number of aromatic nitrogens is 1. The molecule has 0 unspecified atom stereocenters. The van der Waals surface area contributed by atoms with Crippen molar-refractivity contribution in [1.29, 1.82) is 0 Å². The van der Waals surface area contributed by atoms with Gasteiger partial charge >= 0.3 is 0 Å². The molecule has 15 heavy (non-hydrogen) atoms. The van der Waals surface area contributed by atoms with Crippen LogP contribution in [0.4, 0.5) is 0 Å². The van der Waals surface area contributed by atoms with Gasteiger partial charge in [0.2, 0.25) is 0 Å². The average Bonchev–Trinajstić information content (AvgIpc) is 2.51. The van der Waals surface area contributed by atoms with E-state index in [-0.39, 0.29) is 0 Å². The van der Waals surface area contributed by atoms with E-state index in [1.807, 2.05) is 18.2 Å². The standard InChI is InChI=1S/C12H15ClN2/c1-3-14-8-11-9(2)12(13)10-6-4-5-7-15(10)11/h4-7,14H,3,8H2,1-2H3. The highest BCUT2D eigenvalue weighted by atomic mass is 35.5. The third kappa shape index (κ3) is 1.75. The van der Waals surface area contributed by atoms with E-state index in [9.17, 15) is 0 Å². The van der Waals surface area contributed by atoms with Crippen LogP contribution in [-0.2, 0) is 6.54 Å². The van der Waals surface area contributed by atoms with Crippen molar-refractivity contribution < 1.29 is 0 Å². The molecule has 2 heterocycles. The fourth-order valence-electron chi connectivity index (χ4n) is 1.82. The number of hydrogen-bond donors (Lipinski definition) is 1. The van der Waals surface area contributed by atoms with Crippen LogP contribution in [0.5, 0.6) is 0 Å². The summed E-state index contributed by atoms with van der Waals surface area (Å²) in [4.78, 5) is 0. The van der Waals surface area contributed by atoms with Crippen LogP contribution in [0.15, 0.2) is 24.4 Å². The second kappa shape index (κ2) is 4.25. The Bertz CT molecular complexity index is 474. The molecule has 2 rings (SSSR count). The van der Waals surface area contributed by atoms with Gasteiger partial charge in [0, 0.05) is 18.4 Å². The number of fused-ring (bicyclic) bond motifs is 1. The SMILES string of the molecule is CCNCc1c(C)c(Cl)c2ccccn12. The summed E-state index contributed by atoms with van der Waals surface area (Å²) in [5.74, 6) is 0. The van der Waals surface area contributed by atoms with Gasteiger partial charge in [0.15, 0.2) is 0 Å². The fourth-order valence-corrected chi connectivity index (χ4v) is 2.08. The van der Waals surface area contributed by atoms with Crippen molar-refractivity contribution in [2.24, 2.45) is 0 Å². The monoisotopic (exact) mass is 222 g/mol. The molecule has 0 bridgehead atoms. The van der Waals surface area contributed by atoms with Crippen LogP contribution in [0.25, 0.3) is 5.52 Å². The Kier molecular flexibility index (Phi) is 2.98. The molecule has 0 aliphatic rings. The van der Waals surface area contributed by atoms with Crippen molar-refractivity contribution in [2.45, 2.75) is 20.4 Å². The van der Waals surface area contributed by atoms with Gasteiger partial charge in [0.1, 0.15) is 0 Å². The van der Waals surface area contributed by atoms with Gasteiger partial charge in [0.25, 0.3) is 0 Å². The lowest BCUT2D eigenvalue weighted by molar-refractivity contribution is 0.702. The highest BCUT2D eigenvalue weighted by Crippen LogP contribution is 2.27. The predicted molar refractivity (Wildman–Crippen MR) is 64.5 cm³/mol. The van der Waals surface area contributed by atoms with Crippen molar-refractivity contribution in [3.05, 3.63) is 40.7 Å². The van der Waals surface area contributed by atoms with Crippen LogP contribution in [-0.4, -0.2) is 10.9 Å². The molecule has 0 amide bonds. The van der Waals surface area contributed by atoms with E-state index in [4.69, 9.17) is 11.6 Å². The van der Waals surface area contributed by atoms with Crippen molar-refractivity contribution in [1.82, 2.24) is 9.72 Å². The molecule has 0 aliphatic heterocycles. The van der Waals surface area contributed by atoms with E-state index >= 15 is 0 Å². The first-order chi connectivity index (χ1) is 7.25. The summed E-state index contributed by atoms with van der Waals surface area (Å²) < 4.78 is 2.15. The maximum Gasteiger partial charge on any atom is 0.0693 e. The molecule has 0 atom stereocenters. The first kappa shape index (κ1) is 10.5. The van der Waals surface area contributed by atoms with Crippen LogP contribution >= 0.6 is 11.6 Å². The molecule has 0 saturated heterocycles. The van der Waals surface area contributed by atoms with E-state index in [1.54, 1.807) is 0 Å². The minimum atomic E-state index is 0.861. The first-order valence-electron chi connectivity index (χ1n) is 5.20. The summed E-state index contributed by atoms with van der Waals surface area (Å²) in [6.07, 6.45) is 2.06. The Labute approximate surface area is 94.9 Å². The Balaban J connectivity index is 2.56. The lowest BCUT2D eigenvalue weighted by Gasteiger charge is -2.04. The molecule has 0 aliphatic carbocycles. The number of hydrogen-bond acceptors (Lipinski definition) is 1. The third-order valence-electron chi connectivity index (χ3n) is 2.68. The number of pyridine rings is 1. The largest absolute Gasteiger partial charge is 0.318 e. The quantitative estimate of drug-likeness (QED) is 0.845. The zero-order chi connectivity index (χ0) is 10.8. The molecule has 0 radical (unpaired) electrons. The van der Waals surface area contributed by atoms with Gasteiger partial charge in [-0.25, -0.2) is 0 Å². The first-order valence-corrected chi connectivity index (χ1v) is 5.58. The summed E-state index contributed by atoms with van der Waals surface area (Å²) in [5.41, 5.74) is 3.51. The van der Waals surface area contributed by atoms with Crippen molar-refractivity contribution >= 4 is 17.1 Å². The van der Waals surface area contributed by atoms with Gasteiger partial charge in [-0.15, -0.1) is 0 Å². The van der Waals surface area contributed by atoms with Crippen LogP contribution in [0.2, 0.25) is 5.02 Å². The van der Waals surface area contributed by atoms with Crippen LogP contribution in [0.1, 0.15) is 18.2 Å². The molecule has 80 valence electrons. The Morgan fingerprint density at radius 2 is 2.20 bits per heavy atom. The summed E-state index contributed by atoms with van der Waals surface area (Å²) in [7, 11) is 0. The Morgan fingerprint density at radius 3 is 2.93 bits per heavy atom. The van der Waals surface area contributed by atoms with E-state index in [1.165, 1.54) is 11.3 Å². The normalized spacial score (nSPS) is 11.1. The summed E-state index contributed by atoms with van der Waals surface area (Å²) >= 11 is 6.28. The van der Waals surface area contributed by atoms with E-state index < -0.39 is 0 Å². The summed E-state index contributed by atoms with van der Waals surface area (Å²) in [6.45, 7) is 6.01. The molecular weight excluding hydrogens is 208 g/mol. The third-order valence-corrected chi connectivity index (χ3v) is 3.16. The number of rotatable bonds is 3. The average molecular weight is 223 g/mol. The molecule has 1 N–H and O–H groups in total. The molecule has 0 aromatic carbocycles. The van der Waals surface area contributed by atoms with Gasteiger partial charge in [-0.05, 0) is 31.2 Å². The molecule has 2 aromatic rings. The van der Waals surface area contributed by atoms with Gasteiger partial charge in [-0.3, -0.25) is 0 Å². The van der Waals surface area contributed by atoms with Crippen molar-refractivity contribution in [3.63, 3.8) is 0 Å². The summed E-state index contributed by atoms with van der Waals surface area (Å²) in [6, 6.07) is 6.08. The maximum atomic E-state index is 6.28. The van der Waals surface area contributed by atoms with Crippen LogP contribution in [0.3, 0.4) is 0 Å². The maximum absolute atomic E-state index is 6.28. The lowest BCUT2D eigenvalue weighted by atomic mass is 10.2.